The summed E-state index contributed by atoms with van der Waals surface area (Å²) in [6, 6.07) is 21.1. The van der Waals surface area contributed by atoms with Crippen LogP contribution in [-0.4, -0.2) is 36.2 Å². The van der Waals surface area contributed by atoms with E-state index in [4.69, 9.17) is 8.61 Å². The lowest BCUT2D eigenvalue weighted by Crippen LogP contribution is -2.66. The van der Waals surface area contributed by atoms with Crippen LogP contribution in [0.25, 0.3) is 0 Å². The molecule has 6 heteroatoms. The standard InChI is InChI=1S/C22H32O4SSi/c1-22(2,3)28(20-14-8-5-9-15-20,21-16-10-6-11-17-21)26-19-13-7-12-18-25-27(4,23)24/h5-6,8-11,14-17H,7,12-13,18-19H2,1-4H3. The minimum absolute atomic E-state index is 0.0326. The van der Waals surface area contributed by atoms with E-state index in [1.807, 2.05) is 12.1 Å². The van der Waals surface area contributed by atoms with E-state index in [0.29, 0.717) is 13.0 Å². The number of rotatable bonds is 10. The fourth-order valence-electron chi connectivity index (χ4n) is 3.58. The molecule has 4 nitrogen and oxygen atoms in total. The van der Waals surface area contributed by atoms with Crippen LogP contribution in [0, 0.1) is 0 Å². The van der Waals surface area contributed by atoms with E-state index in [-0.39, 0.29) is 11.6 Å². The molecule has 0 N–H and O–H groups in total. The van der Waals surface area contributed by atoms with Gasteiger partial charge in [0.25, 0.3) is 18.4 Å². The normalized spacial score (nSPS) is 12.9. The van der Waals surface area contributed by atoms with Crippen molar-refractivity contribution in [1.29, 1.82) is 0 Å². The smallest absolute Gasteiger partial charge is 0.264 e. The molecule has 0 aliphatic heterocycles. The fraction of sp³-hybridized carbons (Fsp3) is 0.455. The Labute approximate surface area is 171 Å². The maximum absolute atomic E-state index is 11.0. The third kappa shape index (κ3) is 6.01. The molecule has 0 spiro atoms. The molecule has 0 amide bonds. The summed E-state index contributed by atoms with van der Waals surface area (Å²) in [6.45, 7) is 7.67. The zero-order valence-electron chi connectivity index (χ0n) is 17.4. The van der Waals surface area contributed by atoms with Crippen LogP contribution in [0.3, 0.4) is 0 Å². The predicted molar refractivity (Wildman–Crippen MR) is 118 cm³/mol. The zero-order valence-corrected chi connectivity index (χ0v) is 19.2. The van der Waals surface area contributed by atoms with E-state index < -0.39 is 18.4 Å². The van der Waals surface area contributed by atoms with Gasteiger partial charge in [-0.05, 0) is 34.7 Å². The van der Waals surface area contributed by atoms with Crippen LogP contribution in [-0.2, 0) is 18.7 Å². The lowest BCUT2D eigenvalue weighted by atomic mass is 10.2. The highest BCUT2D eigenvalue weighted by molar-refractivity contribution is 7.85. The summed E-state index contributed by atoms with van der Waals surface area (Å²) in [7, 11) is -5.83. The van der Waals surface area contributed by atoms with Crippen LogP contribution in [0.1, 0.15) is 40.0 Å². The molecule has 0 atom stereocenters. The summed E-state index contributed by atoms with van der Waals surface area (Å²) in [5.74, 6) is 0. The van der Waals surface area contributed by atoms with Gasteiger partial charge in [0.05, 0.1) is 12.9 Å². The van der Waals surface area contributed by atoms with E-state index in [1.165, 1.54) is 10.4 Å². The summed E-state index contributed by atoms with van der Waals surface area (Å²) >= 11 is 0. The number of unbranched alkanes of at least 4 members (excludes halogenated alkanes) is 2. The Kier molecular flexibility index (Phi) is 8.01. The first-order valence-electron chi connectivity index (χ1n) is 9.76. The molecule has 0 fully saturated rings. The third-order valence-electron chi connectivity index (χ3n) is 4.82. The number of benzene rings is 2. The van der Waals surface area contributed by atoms with Crippen LogP contribution in [0.5, 0.6) is 0 Å². The lowest BCUT2D eigenvalue weighted by Gasteiger charge is -2.43. The van der Waals surface area contributed by atoms with Crippen molar-refractivity contribution >= 4 is 28.8 Å². The molecule has 0 saturated heterocycles. The predicted octanol–water partition coefficient (Wildman–Crippen LogP) is 3.71. The molecular formula is C22H32O4SSi. The average Bonchev–Trinajstić information content (AvgIpc) is 2.63. The van der Waals surface area contributed by atoms with Crippen molar-refractivity contribution in [2.75, 3.05) is 19.5 Å². The van der Waals surface area contributed by atoms with Crippen molar-refractivity contribution in [2.24, 2.45) is 0 Å². The van der Waals surface area contributed by atoms with Crippen molar-refractivity contribution in [3.05, 3.63) is 60.7 Å². The first-order valence-corrected chi connectivity index (χ1v) is 13.5. The maximum Gasteiger partial charge on any atom is 0.264 e. The van der Waals surface area contributed by atoms with Gasteiger partial charge in [0, 0.05) is 6.61 Å². The first-order chi connectivity index (χ1) is 13.2. The largest absolute Gasteiger partial charge is 0.407 e. The molecule has 28 heavy (non-hydrogen) atoms. The Hall–Kier alpha value is -1.47. The van der Waals surface area contributed by atoms with Gasteiger partial charge in [-0.2, -0.15) is 8.42 Å². The molecule has 0 aliphatic rings. The van der Waals surface area contributed by atoms with Gasteiger partial charge >= 0.3 is 0 Å². The van der Waals surface area contributed by atoms with Crippen LogP contribution in [0.4, 0.5) is 0 Å². The number of hydrogen-bond acceptors (Lipinski definition) is 4. The summed E-state index contributed by atoms with van der Waals surface area (Å²) in [4.78, 5) is 0. The van der Waals surface area contributed by atoms with Crippen LogP contribution < -0.4 is 10.4 Å². The summed E-state index contributed by atoms with van der Waals surface area (Å²) in [5, 5.41) is 2.51. The van der Waals surface area contributed by atoms with Gasteiger partial charge in [0.1, 0.15) is 0 Å². The average molecular weight is 421 g/mol. The first kappa shape index (κ1) is 22.8. The van der Waals surface area contributed by atoms with Crippen LogP contribution in [0.15, 0.2) is 60.7 Å². The molecule has 0 radical (unpaired) electrons. The Morgan fingerprint density at radius 1 is 0.786 bits per heavy atom. The van der Waals surface area contributed by atoms with E-state index in [0.717, 1.165) is 19.1 Å². The van der Waals surface area contributed by atoms with Gasteiger partial charge in [0.15, 0.2) is 0 Å². The summed E-state index contributed by atoms with van der Waals surface area (Å²) in [5.41, 5.74) is 0. The molecule has 154 valence electrons. The molecule has 2 rings (SSSR count). The van der Waals surface area contributed by atoms with Gasteiger partial charge < -0.3 is 4.43 Å². The van der Waals surface area contributed by atoms with Crippen molar-refractivity contribution < 1.29 is 17.0 Å². The second kappa shape index (κ2) is 9.83. The topological polar surface area (TPSA) is 52.6 Å². The molecule has 0 aromatic heterocycles. The van der Waals surface area contributed by atoms with Gasteiger partial charge in [-0.3, -0.25) is 4.18 Å². The highest BCUT2D eigenvalue weighted by Crippen LogP contribution is 2.36. The van der Waals surface area contributed by atoms with Crippen molar-refractivity contribution in [3.63, 3.8) is 0 Å². The van der Waals surface area contributed by atoms with Gasteiger partial charge in [-0.25, -0.2) is 0 Å². The highest BCUT2D eigenvalue weighted by Gasteiger charge is 2.49. The minimum Gasteiger partial charge on any atom is -0.407 e. The Bertz CT molecular complexity index is 775. The SMILES string of the molecule is CC(C)(C)[Si](OCCCCCOS(C)(=O)=O)(c1ccccc1)c1ccccc1. The van der Waals surface area contributed by atoms with Gasteiger partial charge in [-0.15, -0.1) is 0 Å². The van der Waals surface area contributed by atoms with Gasteiger partial charge in [-0.1, -0.05) is 81.4 Å². The summed E-state index contributed by atoms with van der Waals surface area (Å²) < 4.78 is 33.7. The lowest BCUT2D eigenvalue weighted by molar-refractivity contribution is 0.272. The van der Waals surface area contributed by atoms with Gasteiger partial charge in [0.2, 0.25) is 0 Å². The molecular weight excluding hydrogens is 388 g/mol. The van der Waals surface area contributed by atoms with E-state index in [2.05, 4.69) is 69.3 Å². The monoisotopic (exact) mass is 420 g/mol. The van der Waals surface area contributed by atoms with Crippen molar-refractivity contribution in [3.8, 4) is 0 Å². The molecule has 0 saturated carbocycles. The van der Waals surface area contributed by atoms with E-state index in [1.54, 1.807) is 0 Å². The quantitative estimate of drug-likeness (QED) is 0.334. The Balaban J connectivity index is 2.16. The molecule has 2 aromatic carbocycles. The van der Waals surface area contributed by atoms with Crippen LogP contribution in [0.2, 0.25) is 5.04 Å². The van der Waals surface area contributed by atoms with Crippen molar-refractivity contribution in [1.82, 2.24) is 0 Å². The fourth-order valence-corrected chi connectivity index (χ4v) is 8.60. The molecule has 0 unspecified atom stereocenters. The Morgan fingerprint density at radius 2 is 1.25 bits per heavy atom. The summed E-state index contributed by atoms with van der Waals surface area (Å²) in [6.07, 6.45) is 3.53. The molecule has 2 aromatic rings. The maximum atomic E-state index is 11.0. The Morgan fingerprint density at radius 3 is 1.68 bits per heavy atom. The number of hydrogen-bond donors (Lipinski definition) is 0. The molecule has 0 bridgehead atoms. The zero-order chi connectivity index (χ0) is 20.7. The molecule has 0 heterocycles. The minimum atomic E-state index is -3.36. The van der Waals surface area contributed by atoms with E-state index >= 15 is 0 Å². The highest BCUT2D eigenvalue weighted by atomic mass is 32.2. The van der Waals surface area contributed by atoms with Crippen molar-refractivity contribution in [2.45, 2.75) is 45.1 Å². The molecule has 0 aliphatic carbocycles. The second-order valence-electron chi connectivity index (χ2n) is 8.10. The second-order valence-corrected chi connectivity index (χ2v) is 14.0. The van der Waals surface area contributed by atoms with Crippen LogP contribution >= 0.6 is 0 Å². The van der Waals surface area contributed by atoms with E-state index in [9.17, 15) is 8.42 Å². The third-order valence-corrected chi connectivity index (χ3v) is 10.5.